The van der Waals surface area contributed by atoms with Crippen LogP contribution in [0.3, 0.4) is 0 Å². The van der Waals surface area contributed by atoms with Gasteiger partial charge in [-0.05, 0) is 24.6 Å². The highest BCUT2D eigenvalue weighted by atomic mass is 127. The van der Waals surface area contributed by atoms with E-state index in [1.54, 1.807) is 0 Å². The second-order valence-electron chi connectivity index (χ2n) is 5.12. The number of benzene rings is 1. The first-order chi connectivity index (χ1) is 11.9. The van der Waals surface area contributed by atoms with Gasteiger partial charge in [-0.3, -0.25) is 0 Å². The van der Waals surface area contributed by atoms with Crippen molar-refractivity contribution in [2.75, 3.05) is 13.1 Å². The maximum atomic E-state index is 12.5. The van der Waals surface area contributed by atoms with Crippen molar-refractivity contribution in [3.8, 4) is 0 Å². The van der Waals surface area contributed by atoms with Crippen molar-refractivity contribution >= 4 is 57.2 Å². The van der Waals surface area contributed by atoms with Crippen LogP contribution < -0.4 is 10.6 Å². The SMILES string of the molecule is CCNC(=NCc1ccc(Br)cc1)NCCc1nc(C(F)(F)F)cs1.I. The molecule has 26 heavy (non-hydrogen) atoms. The second kappa shape index (κ2) is 11.1. The Labute approximate surface area is 179 Å². The Morgan fingerprint density at radius 3 is 2.50 bits per heavy atom. The number of nitrogens with one attached hydrogen (secondary N) is 2. The van der Waals surface area contributed by atoms with Crippen molar-refractivity contribution in [2.24, 2.45) is 4.99 Å². The number of thiazole rings is 1. The topological polar surface area (TPSA) is 49.3 Å². The molecule has 2 aromatic rings. The summed E-state index contributed by atoms with van der Waals surface area (Å²) in [6.45, 7) is 3.62. The molecule has 0 aliphatic heterocycles. The van der Waals surface area contributed by atoms with Crippen LogP contribution in [-0.4, -0.2) is 24.0 Å². The zero-order chi connectivity index (χ0) is 18.3. The summed E-state index contributed by atoms with van der Waals surface area (Å²) in [6, 6.07) is 7.86. The van der Waals surface area contributed by atoms with Crippen molar-refractivity contribution in [1.82, 2.24) is 15.6 Å². The molecule has 2 rings (SSSR count). The first kappa shape index (κ1) is 23.2. The Balaban J connectivity index is 0.00000338. The number of hydrogen-bond donors (Lipinski definition) is 2. The lowest BCUT2D eigenvalue weighted by Gasteiger charge is -2.10. The van der Waals surface area contributed by atoms with E-state index in [2.05, 4.69) is 36.5 Å². The fourth-order valence-electron chi connectivity index (χ4n) is 1.95. The smallest absolute Gasteiger partial charge is 0.357 e. The standard InChI is InChI=1S/C16H18BrF3N4S.HI/c1-2-21-15(23-9-11-3-5-12(17)6-4-11)22-8-7-14-24-13(10-25-14)16(18,19)20;/h3-6,10H,2,7-9H2,1H3,(H2,21,22,23);1H. The highest BCUT2D eigenvalue weighted by Gasteiger charge is 2.33. The minimum Gasteiger partial charge on any atom is -0.357 e. The van der Waals surface area contributed by atoms with Gasteiger partial charge in [0.25, 0.3) is 0 Å². The third kappa shape index (κ3) is 7.78. The van der Waals surface area contributed by atoms with Crippen LogP contribution in [0.4, 0.5) is 13.2 Å². The van der Waals surface area contributed by atoms with Crippen molar-refractivity contribution in [3.63, 3.8) is 0 Å². The Morgan fingerprint density at radius 2 is 1.92 bits per heavy atom. The minimum atomic E-state index is -4.39. The lowest BCUT2D eigenvalue weighted by atomic mass is 10.2. The molecule has 2 N–H and O–H groups in total. The first-order valence-electron chi connectivity index (χ1n) is 7.66. The molecular formula is C16H19BrF3IN4S. The molecule has 144 valence electrons. The summed E-state index contributed by atoms with van der Waals surface area (Å²) in [7, 11) is 0. The molecule has 0 amide bonds. The van der Waals surface area contributed by atoms with Crippen LogP contribution in [0.2, 0.25) is 0 Å². The average Bonchev–Trinajstić information content (AvgIpc) is 3.03. The molecule has 0 aliphatic rings. The van der Waals surface area contributed by atoms with Crippen LogP contribution in [0.1, 0.15) is 23.2 Å². The molecule has 1 heterocycles. The molecule has 1 aromatic heterocycles. The maximum absolute atomic E-state index is 12.5. The predicted molar refractivity (Wildman–Crippen MR) is 113 cm³/mol. The lowest BCUT2D eigenvalue weighted by molar-refractivity contribution is -0.140. The fourth-order valence-corrected chi connectivity index (χ4v) is 3.01. The molecule has 0 fully saturated rings. The minimum absolute atomic E-state index is 0. The number of aliphatic imine (C=N–C) groups is 1. The largest absolute Gasteiger partial charge is 0.434 e. The van der Waals surface area contributed by atoms with Gasteiger partial charge in [0.05, 0.1) is 11.6 Å². The molecule has 0 saturated heterocycles. The zero-order valence-electron chi connectivity index (χ0n) is 13.9. The zero-order valence-corrected chi connectivity index (χ0v) is 18.7. The predicted octanol–water partition coefficient (Wildman–Crippen LogP) is 4.84. The Bertz CT molecular complexity index is 704. The van der Waals surface area contributed by atoms with Crippen molar-refractivity contribution < 1.29 is 13.2 Å². The molecule has 0 aliphatic carbocycles. The summed E-state index contributed by atoms with van der Waals surface area (Å²) in [5.74, 6) is 0.623. The molecule has 1 aromatic carbocycles. The van der Waals surface area contributed by atoms with Crippen LogP contribution in [-0.2, 0) is 19.1 Å². The van der Waals surface area contributed by atoms with Gasteiger partial charge in [-0.2, -0.15) is 13.2 Å². The first-order valence-corrected chi connectivity index (χ1v) is 9.34. The number of guanidine groups is 1. The van der Waals surface area contributed by atoms with Gasteiger partial charge in [0.15, 0.2) is 11.7 Å². The molecule has 0 atom stereocenters. The summed E-state index contributed by atoms with van der Waals surface area (Å²) >= 11 is 4.40. The van der Waals surface area contributed by atoms with Crippen LogP contribution in [0.5, 0.6) is 0 Å². The molecule has 0 unspecified atom stereocenters. The monoisotopic (exact) mass is 562 g/mol. The van der Waals surface area contributed by atoms with Gasteiger partial charge in [-0.1, -0.05) is 28.1 Å². The lowest BCUT2D eigenvalue weighted by Crippen LogP contribution is -2.38. The highest BCUT2D eigenvalue weighted by Crippen LogP contribution is 2.29. The van der Waals surface area contributed by atoms with Crippen LogP contribution in [0, 0.1) is 0 Å². The van der Waals surface area contributed by atoms with Crippen LogP contribution >= 0.6 is 51.2 Å². The van der Waals surface area contributed by atoms with E-state index in [-0.39, 0.29) is 24.0 Å². The van der Waals surface area contributed by atoms with Crippen molar-refractivity contribution in [3.05, 3.63) is 50.4 Å². The van der Waals surface area contributed by atoms with Gasteiger partial charge in [0, 0.05) is 29.4 Å². The van der Waals surface area contributed by atoms with E-state index < -0.39 is 11.9 Å². The van der Waals surface area contributed by atoms with E-state index in [9.17, 15) is 13.2 Å². The second-order valence-corrected chi connectivity index (χ2v) is 6.98. The summed E-state index contributed by atoms with van der Waals surface area (Å²) in [5.41, 5.74) is 0.235. The Morgan fingerprint density at radius 1 is 1.23 bits per heavy atom. The van der Waals surface area contributed by atoms with E-state index in [1.165, 1.54) is 0 Å². The maximum Gasteiger partial charge on any atom is 0.434 e. The molecule has 0 bridgehead atoms. The van der Waals surface area contributed by atoms with Gasteiger partial charge in [-0.15, -0.1) is 35.3 Å². The number of nitrogens with zero attached hydrogens (tertiary/aromatic N) is 2. The average molecular weight is 563 g/mol. The normalized spacial score (nSPS) is 11.8. The molecule has 0 radical (unpaired) electrons. The molecule has 0 saturated carbocycles. The third-order valence-electron chi connectivity index (χ3n) is 3.15. The van der Waals surface area contributed by atoms with E-state index >= 15 is 0 Å². The van der Waals surface area contributed by atoms with E-state index in [1.807, 2.05) is 31.2 Å². The quantitative estimate of drug-likeness (QED) is 0.301. The Kier molecular flexibility index (Phi) is 9.86. The summed E-state index contributed by atoms with van der Waals surface area (Å²) in [6.07, 6.45) is -3.98. The van der Waals surface area contributed by atoms with Crippen molar-refractivity contribution in [2.45, 2.75) is 26.1 Å². The summed E-state index contributed by atoms with van der Waals surface area (Å²) in [4.78, 5) is 8.09. The fraction of sp³-hybridized carbons (Fsp3) is 0.375. The number of rotatable bonds is 6. The van der Waals surface area contributed by atoms with Crippen LogP contribution in [0.25, 0.3) is 0 Å². The number of aromatic nitrogens is 1. The number of halogens is 5. The van der Waals surface area contributed by atoms with Gasteiger partial charge in [0.1, 0.15) is 0 Å². The molecule has 10 heteroatoms. The third-order valence-corrected chi connectivity index (χ3v) is 4.59. The van der Waals surface area contributed by atoms with E-state index in [4.69, 9.17) is 0 Å². The van der Waals surface area contributed by atoms with Gasteiger partial charge in [-0.25, -0.2) is 9.98 Å². The van der Waals surface area contributed by atoms with Crippen molar-refractivity contribution in [1.29, 1.82) is 0 Å². The van der Waals surface area contributed by atoms with E-state index in [0.29, 0.717) is 37.0 Å². The summed E-state index contributed by atoms with van der Waals surface area (Å²) < 4.78 is 38.6. The Hall–Kier alpha value is -0.880. The molecular weight excluding hydrogens is 544 g/mol. The van der Waals surface area contributed by atoms with Crippen LogP contribution in [0.15, 0.2) is 39.1 Å². The summed E-state index contributed by atoms with van der Waals surface area (Å²) in [5, 5.41) is 7.72. The molecule has 4 nitrogen and oxygen atoms in total. The highest BCUT2D eigenvalue weighted by molar-refractivity contribution is 14.0. The number of hydrogen-bond acceptors (Lipinski definition) is 3. The number of alkyl halides is 3. The van der Waals surface area contributed by atoms with Gasteiger partial charge >= 0.3 is 6.18 Å². The van der Waals surface area contributed by atoms with Gasteiger partial charge < -0.3 is 10.6 Å². The van der Waals surface area contributed by atoms with E-state index in [0.717, 1.165) is 26.8 Å². The molecule has 0 spiro atoms. The van der Waals surface area contributed by atoms with Gasteiger partial charge in [0.2, 0.25) is 0 Å².